The Bertz CT molecular complexity index is 281. The van der Waals surface area contributed by atoms with E-state index < -0.39 is 0 Å². The smallest absolute Gasteiger partial charge is 0.222 e. The molecule has 0 unspecified atom stereocenters. The summed E-state index contributed by atoms with van der Waals surface area (Å²) in [6, 6.07) is 0. The van der Waals surface area contributed by atoms with Crippen molar-refractivity contribution in [1.29, 1.82) is 0 Å². The molecule has 0 aliphatic rings. The van der Waals surface area contributed by atoms with Crippen LogP contribution in [0.15, 0.2) is 0 Å². The minimum absolute atomic E-state index is 0.296. The SMILES string of the molecule is CCCCCCCCCCCCCCCCCC(=O)N(C)CCNC. The van der Waals surface area contributed by atoms with Crippen molar-refractivity contribution in [2.24, 2.45) is 0 Å². The highest BCUT2D eigenvalue weighted by atomic mass is 16.2. The van der Waals surface area contributed by atoms with Crippen molar-refractivity contribution in [1.82, 2.24) is 10.2 Å². The third-order valence-corrected chi connectivity index (χ3v) is 5.12. The van der Waals surface area contributed by atoms with Crippen LogP contribution in [0.2, 0.25) is 0 Å². The lowest BCUT2D eigenvalue weighted by atomic mass is 10.0. The second kappa shape index (κ2) is 19.8. The Balaban J connectivity index is 3.17. The lowest BCUT2D eigenvalue weighted by molar-refractivity contribution is -0.129. The van der Waals surface area contributed by atoms with Gasteiger partial charge in [0.05, 0.1) is 0 Å². The van der Waals surface area contributed by atoms with Gasteiger partial charge in [0.15, 0.2) is 0 Å². The molecule has 0 fully saturated rings. The van der Waals surface area contributed by atoms with E-state index in [1.165, 1.54) is 89.9 Å². The molecule has 0 saturated carbocycles. The van der Waals surface area contributed by atoms with Crippen LogP contribution in [-0.2, 0) is 4.79 Å². The molecule has 0 rings (SSSR count). The van der Waals surface area contributed by atoms with E-state index in [0.717, 1.165) is 25.9 Å². The molecule has 0 aromatic rings. The normalized spacial score (nSPS) is 11.0. The Morgan fingerprint density at radius 2 is 1.12 bits per heavy atom. The number of nitrogens with zero attached hydrogens (tertiary/aromatic N) is 1. The average Bonchev–Trinajstić information content (AvgIpc) is 2.62. The van der Waals surface area contributed by atoms with Gasteiger partial charge in [-0.05, 0) is 13.5 Å². The second-order valence-corrected chi connectivity index (χ2v) is 7.62. The summed E-state index contributed by atoms with van der Waals surface area (Å²) in [6.45, 7) is 3.97. The average molecular weight is 355 g/mol. The van der Waals surface area contributed by atoms with Gasteiger partial charge >= 0.3 is 0 Å². The lowest BCUT2D eigenvalue weighted by Gasteiger charge is -2.16. The van der Waals surface area contributed by atoms with Crippen molar-refractivity contribution in [3.8, 4) is 0 Å². The molecule has 0 aliphatic heterocycles. The van der Waals surface area contributed by atoms with Crippen LogP contribution in [0.1, 0.15) is 110 Å². The van der Waals surface area contributed by atoms with Crippen molar-refractivity contribution in [2.75, 3.05) is 27.2 Å². The van der Waals surface area contributed by atoms with Gasteiger partial charge in [-0.15, -0.1) is 0 Å². The van der Waals surface area contributed by atoms with Crippen LogP contribution in [0.4, 0.5) is 0 Å². The standard InChI is InChI=1S/C22H46N2O/c1-4-5-6-7-8-9-10-11-12-13-14-15-16-17-18-19-22(25)24(3)21-20-23-2/h23H,4-21H2,1-3H3. The minimum atomic E-state index is 0.296. The number of rotatable bonds is 19. The zero-order chi connectivity index (χ0) is 18.6. The molecule has 150 valence electrons. The number of nitrogens with one attached hydrogen (secondary N) is 1. The van der Waals surface area contributed by atoms with Crippen LogP contribution in [-0.4, -0.2) is 38.0 Å². The first-order valence-electron chi connectivity index (χ1n) is 11.1. The van der Waals surface area contributed by atoms with Gasteiger partial charge < -0.3 is 10.2 Å². The molecule has 0 aromatic heterocycles. The Morgan fingerprint density at radius 1 is 0.720 bits per heavy atom. The Morgan fingerprint density at radius 3 is 1.52 bits per heavy atom. The quantitative estimate of drug-likeness (QED) is 0.292. The van der Waals surface area contributed by atoms with E-state index in [9.17, 15) is 4.79 Å². The first kappa shape index (κ1) is 24.4. The predicted molar refractivity (Wildman–Crippen MR) is 111 cm³/mol. The molecule has 25 heavy (non-hydrogen) atoms. The third-order valence-electron chi connectivity index (χ3n) is 5.12. The maximum Gasteiger partial charge on any atom is 0.222 e. The maximum atomic E-state index is 11.9. The van der Waals surface area contributed by atoms with E-state index in [0.29, 0.717) is 5.91 Å². The fourth-order valence-electron chi connectivity index (χ4n) is 3.24. The number of hydrogen-bond donors (Lipinski definition) is 1. The fraction of sp³-hybridized carbons (Fsp3) is 0.955. The number of unbranched alkanes of at least 4 members (excludes halogenated alkanes) is 14. The third kappa shape index (κ3) is 18.0. The minimum Gasteiger partial charge on any atom is -0.344 e. The molecule has 0 heterocycles. The molecule has 0 aromatic carbocycles. The second-order valence-electron chi connectivity index (χ2n) is 7.62. The molecular formula is C22H46N2O. The highest BCUT2D eigenvalue weighted by molar-refractivity contribution is 5.75. The highest BCUT2D eigenvalue weighted by Crippen LogP contribution is 2.13. The summed E-state index contributed by atoms with van der Waals surface area (Å²) in [7, 11) is 3.83. The number of hydrogen-bond acceptors (Lipinski definition) is 2. The molecule has 1 amide bonds. The Kier molecular flexibility index (Phi) is 19.3. The van der Waals surface area contributed by atoms with Crippen molar-refractivity contribution in [3.05, 3.63) is 0 Å². The van der Waals surface area contributed by atoms with Crippen molar-refractivity contribution < 1.29 is 4.79 Å². The van der Waals surface area contributed by atoms with Crippen molar-refractivity contribution in [2.45, 2.75) is 110 Å². The summed E-state index contributed by atoms with van der Waals surface area (Å²) in [5.74, 6) is 0.296. The first-order valence-corrected chi connectivity index (χ1v) is 11.1. The van der Waals surface area contributed by atoms with Gasteiger partial charge in [0.2, 0.25) is 5.91 Å². The van der Waals surface area contributed by atoms with E-state index in [1.807, 2.05) is 19.0 Å². The summed E-state index contributed by atoms with van der Waals surface area (Å²) in [6.07, 6.45) is 21.3. The molecule has 0 bridgehead atoms. The number of likely N-dealkylation sites (N-methyl/N-ethyl adjacent to an activating group) is 2. The van der Waals surface area contributed by atoms with Gasteiger partial charge in [-0.1, -0.05) is 96.8 Å². The fourth-order valence-corrected chi connectivity index (χ4v) is 3.24. The van der Waals surface area contributed by atoms with Crippen LogP contribution >= 0.6 is 0 Å². The van der Waals surface area contributed by atoms with Crippen molar-refractivity contribution >= 4 is 5.91 Å². The monoisotopic (exact) mass is 354 g/mol. The molecule has 0 radical (unpaired) electrons. The first-order chi connectivity index (χ1) is 12.2. The van der Waals surface area contributed by atoms with Gasteiger partial charge in [-0.25, -0.2) is 0 Å². The van der Waals surface area contributed by atoms with Crippen LogP contribution in [0.5, 0.6) is 0 Å². The molecule has 0 spiro atoms. The van der Waals surface area contributed by atoms with Gasteiger partial charge in [0.25, 0.3) is 0 Å². The zero-order valence-corrected chi connectivity index (χ0v) is 17.6. The molecule has 0 saturated heterocycles. The highest BCUT2D eigenvalue weighted by Gasteiger charge is 2.06. The molecule has 0 atom stereocenters. The summed E-state index contributed by atoms with van der Waals surface area (Å²) in [5, 5.41) is 3.08. The lowest BCUT2D eigenvalue weighted by Crippen LogP contribution is -2.32. The summed E-state index contributed by atoms with van der Waals surface area (Å²) in [4.78, 5) is 13.7. The van der Waals surface area contributed by atoms with Gasteiger partial charge in [0, 0.05) is 26.6 Å². The van der Waals surface area contributed by atoms with E-state index in [2.05, 4.69) is 12.2 Å². The van der Waals surface area contributed by atoms with Gasteiger partial charge in [-0.2, -0.15) is 0 Å². The van der Waals surface area contributed by atoms with Crippen LogP contribution < -0.4 is 5.32 Å². The Hall–Kier alpha value is -0.570. The molecule has 0 aliphatic carbocycles. The summed E-state index contributed by atoms with van der Waals surface area (Å²) >= 11 is 0. The molecular weight excluding hydrogens is 308 g/mol. The van der Waals surface area contributed by atoms with E-state index >= 15 is 0 Å². The zero-order valence-electron chi connectivity index (χ0n) is 17.6. The molecule has 3 nitrogen and oxygen atoms in total. The predicted octanol–water partition coefficient (Wildman–Crippen LogP) is 5.93. The van der Waals surface area contributed by atoms with Crippen LogP contribution in [0.25, 0.3) is 0 Å². The molecule has 3 heteroatoms. The molecule has 1 N–H and O–H groups in total. The number of carbonyl (C=O) groups excluding carboxylic acids is 1. The van der Waals surface area contributed by atoms with E-state index in [-0.39, 0.29) is 0 Å². The van der Waals surface area contributed by atoms with Gasteiger partial charge in [-0.3, -0.25) is 4.79 Å². The van der Waals surface area contributed by atoms with Gasteiger partial charge in [0.1, 0.15) is 0 Å². The number of carbonyl (C=O) groups is 1. The van der Waals surface area contributed by atoms with Crippen LogP contribution in [0, 0.1) is 0 Å². The van der Waals surface area contributed by atoms with E-state index in [4.69, 9.17) is 0 Å². The number of amides is 1. The summed E-state index contributed by atoms with van der Waals surface area (Å²) in [5.41, 5.74) is 0. The largest absolute Gasteiger partial charge is 0.344 e. The summed E-state index contributed by atoms with van der Waals surface area (Å²) < 4.78 is 0. The topological polar surface area (TPSA) is 32.3 Å². The van der Waals surface area contributed by atoms with E-state index in [1.54, 1.807) is 0 Å². The van der Waals surface area contributed by atoms with Crippen molar-refractivity contribution in [3.63, 3.8) is 0 Å². The van der Waals surface area contributed by atoms with Crippen LogP contribution in [0.3, 0.4) is 0 Å². The Labute approximate surface area is 158 Å². The maximum absolute atomic E-state index is 11.9.